The van der Waals surface area contributed by atoms with E-state index in [4.69, 9.17) is 5.73 Å². The lowest BCUT2D eigenvalue weighted by atomic mass is 10.1. The number of carbonyl (C=O) groups is 1. The first kappa shape index (κ1) is 11.7. The number of benzene rings is 1. The van der Waals surface area contributed by atoms with Crippen LogP contribution >= 0.6 is 0 Å². The van der Waals surface area contributed by atoms with Crippen LogP contribution in [0.2, 0.25) is 0 Å². The summed E-state index contributed by atoms with van der Waals surface area (Å²) in [6, 6.07) is 8.09. The Morgan fingerprint density at radius 3 is 2.87 bits per heavy atom. The number of nitrogens with one attached hydrogen (secondary N) is 1. The molecule has 3 heteroatoms. The highest BCUT2D eigenvalue weighted by atomic mass is 16.1. The van der Waals surface area contributed by atoms with Crippen molar-refractivity contribution in [1.82, 2.24) is 0 Å². The fourth-order valence-electron chi connectivity index (χ4n) is 1.40. The van der Waals surface area contributed by atoms with E-state index in [-0.39, 0.29) is 11.9 Å². The summed E-state index contributed by atoms with van der Waals surface area (Å²) in [5.74, 6) is -0.0423. The van der Waals surface area contributed by atoms with Gasteiger partial charge in [-0.05, 0) is 37.5 Å². The normalized spacial score (nSPS) is 12.2. The average Bonchev–Trinajstić information content (AvgIpc) is 2.14. The molecule has 1 rings (SSSR count). The van der Waals surface area contributed by atoms with Gasteiger partial charge in [0.1, 0.15) is 0 Å². The molecule has 0 radical (unpaired) electrons. The molecule has 15 heavy (non-hydrogen) atoms. The second-order valence-corrected chi connectivity index (χ2v) is 3.90. The largest absolute Gasteiger partial charge is 0.328 e. The molecule has 0 aromatic heterocycles. The zero-order valence-electron chi connectivity index (χ0n) is 9.29. The van der Waals surface area contributed by atoms with Gasteiger partial charge in [0.2, 0.25) is 5.91 Å². The van der Waals surface area contributed by atoms with Crippen LogP contribution in [0, 0.1) is 0 Å². The number of carbonyl (C=O) groups excluding carboxylic acids is 1. The molecule has 0 bridgehead atoms. The number of amides is 1. The van der Waals surface area contributed by atoms with Crippen LogP contribution in [-0.4, -0.2) is 11.9 Å². The van der Waals surface area contributed by atoms with E-state index in [0.29, 0.717) is 0 Å². The number of hydrogen-bond acceptors (Lipinski definition) is 2. The summed E-state index contributed by atoms with van der Waals surface area (Å²) in [5.41, 5.74) is 7.75. The van der Waals surface area contributed by atoms with E-state index in [9.17, 15) is 4.79 Å². The first-order chi connectivity index (χ1) is 7.08. The van der Waals surface area contributed by atoms with E-state index < -0.39 is 0 Å². The lowest BCUT2D eigenvalue weighted by Gasteiger charge is -2.07. The summed E-state index contributed by atoms with van der Waals surface area (Å²) in [4.78, 5) is 10.9. The Morgan fingerprint density at radius 2 is 2.27 bits per heavy atom. The van der Waals surface area contributed by atoms with E-state index in [2.05, 4.69) is 5.32 Å². The number of anilines is 1. The zero-order valence-corrected chi connectivity index (χ0v) is 9.29. The smallest absolute Gasteiger partial charge is 0.221 e. The lowest BCUT2D eigenvalue weighted by molar-refractivity contribution is -0.114. The van der Waals surface area contributed by atoms with Gasteiger partial charge in [-0.25, -0.2) is 0 Å². The molecular weight excluding hydrogens is 188 g/mol. The molecule has 0 unspecified atom stereocenters. The van der Waals surface area contributed by atoms with E-state index in [0.717, 1.165) is 18.5 Å². The van der Waals surface area contributed by atoms with Gasteiger partial charge in [-0.15, -0.1) is 0 Å². The molecule has 0 aliphatic carbocycles. The van der Waals surface area contributed by atoms with Gasteiger partial charge in [-0.3, -0.25) is 4.79 Å². The minimum atomic E-state index is -0.0423. The third-order valence-electron chi connectivity index (χ3n) is 2.14. The maximum atomic E-state index is 10.9. The van der Waals surface area contributed by atoms with Crippen molar-refractivity contribution in [2.75, 3.05) is 5.32 Å². The third-order valence-corrected chi connectivity index (χ3v) is 2.14. The number of rotatable bonds is 4. The van der Waals surface area contributed by atoms with Gasteiger partial charge < -0.3 is 11.1 Å². The fraction of sp³-hybridized carbons (Fsp3) is 0.417. The minimum Gasteiger partial charge on any atom is -0.328 e. The molecular formula is C12H18N2O. The minimum absolute atomic E-state index is 0.0423. The van der Waals surface area contributed by atoms with Crippen molar-refractivity contribution < 1.29 is 4.79 Å². The van der Waals surface area contributed by atoms with E-state index in [1.54, 1.807) is 0 Å². The molecule has 1 aromatic carbocycles. The SMILES string of the molecule is CC(=O)Nc1cccc(CC[C@@H](C)N)c1. The molecule has 1 aromatic rings. The monoisotopic (exact) mass is 206 g/mol. The first-order valence-corrected chi connectivity index (χ1v) is 5.20. The van der Waals surface area contributed by atoms with Gasteiger partial charge in [0.05, 0.1) is 0 Å². The van der Waals surface area contributed by atoms with Gasteiger partial charge in [0.15, 0.2) is 0 Å². The summed E-state index contributed by atoms with van der Waals surface area (Å²) < 4.78 is 0. The highest BCUT2D eigenvalue weighted by molar-refractivity contribution is 5.88. The molecule has 82 valence electrons. The number of hydrogen-bond donors (Lipinski definition) is 2. The molecule has 1 atom stereocenters. The maximum absolute atomic E-state index is 10.9. The van der Waals surface area contributed by atoms with Crippen LogP contribution in [0.1, 0.15) is 25.8 Å². The van der Waals surface area contributed by atoms with Crippen molar-refractivity contribution in [3.05, 3.63) is 29.8 Å². The van der Waals surface area contributed by atoms with Gasteiger partial charge in [-0.2, -0.15) is 0 Å². The molecule has 0 heterocycles. The van der Waals surface area contributed by atoms with Crippen molar-refractivity contribution in [2.45, 2.75) is 32.7 Å². The van der Waals surface area contributed by atoms with Crippen LogP contribution in [0.4, 0.5) is 5.69 Å². The predicted octanol–water partition coefficient (Wildman–Crippen LogP) is 1.92. The van der Waals surface area contributed by atoms with Crippen molar-refractivity contribution >= 4 is 11.6 Å². The Balaban J connectivity index is 2.61. The number of aryl methyl sites for hydroxylation is 1. The molecule has 0 aliphatic heterocycles. The van der Waals surface area contributed by atoms with Crippen LogP contribution in [0.3, 0.4) is 0 Å². The fourth-order valence-corrected chi connectivity index (χ4v) is 1.40. The molecule has 0 saturated carbocycles. The number of nitrogens with two attached hydrogens (primary N) is 1. The molecule has 3 nitrogen and oxygen atoms in total. The van der Waals surface area contributed by atoms with E-state index in [1.165, 1.54) is 12.5 Å². The van der Waals surface area contributed by atoms with Crippen LogP contribution < -0.4 is 11.1 Å². The van der Waals surface area contributed by atoms with E-state index >= 15 is 0 Å². The topological polar surface area (TPSA) is 55.1 Å². The summed E-state index contributed by atoms with van der Waals surface area (Å²) in [6.45, 7) is 3.51. The highest BCUT2D eigenvalue weighted by Gasteiger charge is 1.99. The summed E-state index contributed by atoms with van der Waals surface area (Å²) >= 11 is 0. The third kappa shape index (κ3) is 4.61. The second kappa shape index (κ2) is 5.51. The molecule has 3 N–H and O–H groups in total. The summed E-state index contributed by atoms with van der Waals surface area (Å²) in [6.07, 6.45) is 1.91. The van der Waals surface area contributed by atoms with Crippen molar-refractivity contribution in [3.8, 4) is 0 Å². The second-order valence-electron chi connectivity index (χ2n) is 3.90. The Morgan fingerprint density at radius 1 is 1.53 bits per heavy atom. The van der Waals surface area contributed by atoms with Gasteiger partial charge in [0.25, 0.3) is 0 Å². The Bertz CT molecular complexity index is 334. The Hall–Kier alpha value is -1.35. The zero-order chi connectivity index (χ0) is 11.3. The van der Waals surface area contributed by atoms with Crippen LogP contribution in [0.25, 0.3) is 0 Å². The maximum Gasteiger partial charge on any atom is 0.221 e. The van der Waals surface area contributed by atoms with Gasteiger partial charge in [0, 0.05) is 18.7 Å². The lowest BCUT2D eigenvalue weighted by Crippen LogP contribution is -2.15. The van der Waals surface area contributed by atoms with Crippen LogP contribution in [-0.2, 0) is 11.2 Å². The molecule has 1 amide bonds. The van der Waals surface area contributed by atoms with Crippen LogP contribution in [0.15, 0.2) is 24.3 Å². The molecule has 0 fully saturated rings. The van der Waals surface area contributed by atoms with Crippen molar-refractivity contribution in [2.24, 2.45) is 5.73 Å². The predicted molar refractivity (Wildman–Crippen MR) is 62.7 cm³/mol. The molecule has 0 saturated heterocycles. The Labute approximate surface area is 90.7 Å². The Kier molecular flexibility index (Phi) is 4.31. The standard InChI is InChI=1S/C12H18N2O/c1-9(13)6-7-11-4-3-5-12(8-11)14-10(2)15/h3-5,8-9H,6-7,13H2,1-2H3,(H,14,15)/t9-/m1/s1. The summed E-state index contributed by atoms with van der Waals surface area (Å²) in [5, 5.41) is 2.76. The van der Waals surface area contributed by atoms with Crippen molar-refractivity contribution in [1.29, 1.82) is 0 Å². The van der Waals surface area contributed by atoms with Crippen LogP contribution in [0.5, 0.6) is 0 Å². The van der Waals surface area contributed by atoms with Gasteiger partial charge in [-0.1, -0.05) is 12.1 Å². The van der Waals surface area contributed by atoms with E-state index in [1.807, 2.05) is 31.2 Å². The highest BCUT2D eigenvalue weighted by Crippen LogP contribution is 2.12. The molecule has 0 spiro atoms. The molecule has 0 aliphatic rings. The van der Waals surface area contributed by atoms with Crippen molar-refractivity contribution in [3.63, 3.8) is 0 Å². The summed E-state index contributed by atoms with van der Waals surface area (Å²) in [7, 11) is 0. The first-order valence-electron chi connectivity index (χ1n) is 5.20. The average molecular weight is 206 g/mol. The quantitative estimate of drug-likeness (QED) is 0.790. The van der Waals surface area contributed by atoms with Gasteiger partial charge >= 0.3 is 0 Å².